The van der Waals surface area contributed by atoms with E-state index in [-0.39, 0.29) is 17.9 Å². The summed E-state index contributed by atoms with van der Waals surface area (Å²) in [5.74, 6) is -0.448. The number of hydrogen-bond donors (Lipinski definition) is 0. The molecule has 0 unspecified atom stereocenters. The second kappa shape index (κ2) is 6.17. The molecule has 0 radical (unpaired) electrons. The van der Waals surface area contributed by atoms with Crippen molar-refractivity contribution in [1.82, 2.24) is 9.80 Å². The summed E-state index contributed by atoms with van der Waals surface area (Å²) in [4.78, 5) is 38.8. The average molecular weight is 302 g/mol. The minimum Gasteiger partial charge on any atom is -0.449 e. The lowest BCUT2D eigenvalue weighted by Crippen LogP contribution is -2.38. The van der Waals surface area contributed by atoms with Crippen molar-refractivity contribution in [2.75, 3.05) is 26.2 Å². The zero-order valence-corrected chi connectivity index (χ0v) is 12.3. The van der Waals surface area contributed by atoms with E-state index >= 15 is 0 Å². The van der Waals surface area contributed by atoms with Crippen molar-refractivity contribution >= 4 is 17.9 Å². The molecule has 1 aromatic rings. The van der Waals surface area contributed by atoms with Gasteiger partial charge in [0, 0.05) is 19.6 Å². The van der Waals surface area contributed by atoms with Crippen LogP contribution < -0.4 is 0 Å². The summed E-state index contributed by atoms with van der Waals surface area (Å²) in [7, 11) is 0. The molecule has 3 amide bonds. The van der Waals surface area contributed by atoms with Gasteiger partial charge >= 0.3 is 6.09 Å². The summed E-state index contributed by atoms with van der Waals surface area (Å²) in [6.07, 6.45) is 1.99. The Labute approximate surface area is 128 Å². The highest BCUT2D eigenvalue weighted by Gasteiger charge is 2.34. The van der Waals surface area contributed by atoms with Gasteiger partial charge in [-0.05, 0) is 31.4 Å². The first kappa shape index (κ1) is 14.6. The normalized spacial score (nSPS) is 17.7. The van der Waals surface area contributed by atoms with Gasteiger partial charge in [0.15, 0.2) is 0 Å². The number of fused-ring (bicyclic) bond motifs is 1. The number of carbonyl (C=O) groups excluding carboxylic acids is 3. The first-order valence-electron chi connectivity index (χ1n) is 7.55. The van der Waals surface area contributed by atoms with Crippen molar-refractivity contribution in [3.05, 3.63) is 35.4 Å². The van der Waals surface area contributed by atoms with E-state index in [9.17, 15) is 14.4 Å². The van der Waals surface area contributed by atoms with Crippen LogP contribution in [-0.2, 0) is 4.74 Å². The Balaban J connectivity index is 1.50. The fourth-order valence-electron chi connectivity index (χ4n) is 2.82. The van der Waals surface area contributed by atoms with Crippen LogP contribution in [0.2, 0.25) is 0 Å². The number of ether oxygens (including phenoxy) is 1. The third-order valence-corrected chi connectivity index (χ3v) is 3.99. The molecule has 22 heavy (non-hydrogen) atoms. The minimum absolute atomic E-state index is 0.224. The number of nitrogens with zero attached hydrogens (tertiary/aromatic N) is 2. The zero-order chi connectivity index (χ0) is 15.5. The van der Waals surface area contributed by atoms with Gasteiger partial charge in [-0.15, -0.1) is 0 Å². The standard InChI is InChI=1S/C16H18N2O4/c19-14-12-6-1-2-7-13(12)15(20)18(14)10-4-3-8-17-9-5-11-22-16(17)21/h1-2,6-7H,3-5,8-11H2. The Morgan fingerprint density at radius 3 is 2.23 bits per heavy atom. The smallest absolute Gasteiger partial charge is 0.409 e. The maximum Gasteiger partial charge on any atom is 0.409 e. The number of unbranched alkanes of at least 4 members (excludes halogenated alkanes) is 1. The van der Waals surface area contributed by atoms with Crippen LogP contribution >= 0.6 is 0 Å². The molecule has 0 atom stereocenters. The van der Waals surface area contributed by atoms with Gasteiger partial charge in [0.2, 0.25) is 0 Å². The summed E-state index contributed by atoms with van der Waals surface area (Å²) >= 11 is 0. The first-order valence-corrected chi connectivity index (χ1v) is 7.55. The molecule has 2 aliphatic rings. The highest BCUT2D eigenvalue weighted by molar-refractivity contribution is 6.21. The first-order chi connectivity index (χ1) is 10.7. The maximum atomic E-state index is 12.2. The molecule has 0 N–H and O–H groups in total. The Morgan fingerprint density at radius 1 is 0.955 bits per heavy atom. The van der Waals surface area contributed by atoms with E-state index in [2.05, 4.69) is 0 Å². The predicted molar refractivity (Wildman–Crippen MR) is 78.6 cm³/mol. The summed E-state index contributed by atoms with van der Waals surface area (Å²) in [5, 5.41) is 0. The quantitative estimate of drug-likeness (QED) is 0.615. The molecular weight excluding hydrogens is 284 g/mol. The second-order valence-electron chi connectivity index (χ2n) is 5.47. The van der Waals surface area contributed by atoms with Gasteiger partial charge in [0.05, 0.1) is 17.7 Å². The minimum atomic E-state index is -0.271. The average Bonchev–Trinajstić information content (AvgIpc) is 2.78. The Kier molecular flexibility index (Phi) is 4.09. The van der Waals surface area contributed by atoms with Crippen LogP contribution in [-0.4, -0.2) is 53.9 Å². The molecule has 2 aliphatic heterocycles. The summed E-state index contributed by atoms with van der Waals surface area (Å²) in [6.45, 7) is 2.19. The molecule has 0 bridgehead atoms. The maximum absolute atomic E-state index is 12.2. The fraction of sp³-hybridized carbons (Fsp3) is 0.438. The van der Waals surface area contributed by atoms with Crippen molar-refractivity contribution in [3.63, 3.8) is 0 Å². The van der Waals surface area contributed by atoms with Crippen molar-refractivity contribution in [2.45, 2.75) is 19.3 Å². The van der Waals surface area contributed by atoms with Gasteiger partial charge in [-0.3, -0.25) is 14.5 Å². The highest BCUT2D eigenvalue weighted by Crippen LogP contribution is 2.22. The van der Waals surface area contributed by atoms with Crippen LogP contribution in [0.4, 0.5) is 4.79 Å². The van der Waals surface area contributed by atoms with E-state index in [0.29, 0.717) is 43.8 Å². The van der Waals surface area contributed by atoms with E-state index in [1.54, 1.807) is 29.2 Å². The van der Waals surface area contributed by atoms with Gasteiger partial charge < -0.3 is 9.64 Å². The van der Waals surface area contributed by atoms with Crippen molar-refractivity contribution in [1.29, 1.82) is 0 Å². The van der Waals surface area contributed by atoms with Crippen molar-refractivity contribution in [2.24, 2.45) is 0 Å². The van der Waals surface area contributed by atoms with Crippen molar-refractivity contribution in [3.8, 4) is 0 Å². The molecule has 6 nitrogen and oxygen atoms in total. The molecule has 1 saturated heterocycles. The molecule has 3 rings (SSSR count). The van der Waals surface area contributed by atoms with Gasteiger partial charge in [-0.25, -0.2) is 4.79 Å². The SMILES string of the molecule is O=C1OCCCN1CCCCN1C(=O)c2ccccc2C1=O. The van der Waals surface area contributed by atoms with Crippen LogP contribution in [0.1, 0.15) is 40.0 Å². The highest BCUT2D eigenvalue weighted by atomic mass is 16.6. The molecule has 0 aromatic heterocycles. The van der Waals surface area contributed by atoms with Gasteiger partial charge in [0.1, 0.15) is 0 Å². The van der Waals surface area contributed by atoms with Crippen LogP contribution in [0.5, 0.6) is 0 Å². The van der Waals surface area contributed by atoms with E-state index in [0.717, 1.165) is 12.8 Å². The van der Waals surface area contributed by atoms with Crippen LogP contribution in [0.25, 0.3) is 0 Å². The second-order valence-corrected chi connectivity index (χ2v) is 5.47. The predicted octanol–water partition coefficient (Wildman–Crippen LogP) is 1.91. The largest absolute Gasteiger partial charge is 0.449 e. The number of hydrogen-bond acceptors (Lipinski definition) is 4. The summed E-state index contributed by atoms with van der Waals surface area (Å²) in [6, 6.07) is 6.88. The molecule has 6 heteroatoms. The molecule has 0 aliphatic carbocycles. The van der Waals surface area contributed by atoms with Crippen LogP contribution in [0, 0.1) is 0 Å². The number of carbonyl (C=O) groups is 3. The Hall–Kier alpha value is -2.37. The third kappa shape index (κ3) is 2.68. The van der Waals surface area contributed by atoms with Gasteiger partial charge in [-0.1, -0.05) is 12.1 Å². The lowest BCUT2D eigenvalue weighted by Gasteiger charge is -2.26. The number of amides is 3. The molecule has 116 valence electrons. The molecule has 1 aromatic carbocycles. The van der Waals surface area contributed by atoms with Gasteiger partial charge in [0.25, 0.3) is 11.8 Å². The molecule has 1 fully saturated rings. The molecule has 2 heterocycles. The zero-order valence-electron chi connectivity index (χ0n) is 12.3. The third-order valence-electron chi connectivity index (χ3n) is 3.99. The van der Waals surface area contributed by atoms with E-state index in [1.165, 1.54) is 4.90 Å². The van der Waals surface area contributed by atoms with Gasteiger partial charge in [-0.2, -0.15) is 0 Å². The summed E-state index contributed by atoms with van der Waals surface area (Å²) in [5.41, 5.74) is 0.958. The number of imide groups is 1. The Bertz CT molecular complexity index is 579. The number of cyclic esters (lactones) is 1. The molecule has 0 saturated carbocycles. The van der Waals surface area contributed by atoms with E-state index in [4.69, 9.17) is 4.74 Å². The topological polar surface area (TPSA) is 66.9 Å². The summed E-state index contributed by atoms with van der Waals surface area (Å²) < 4.78 is 4.97. The van der Waals surface area contributed by atoms with Crippen LogP contribution in [0.3, 0.4) is 0 Å². The molecular formula is C16H18N2O4. The van der Waals surface area contributed by atoms with Crippen LogP contribution in [0.15, 0.2) is 24.3 Å². The van der Waals surface area contributed by atoms with E-state index in [1.807, 2.05) is 0 Å². The molecule has 0 spiro atoms. The fourth-order valence-corrected chi connectivity index (χ4v) is 2.82. The monoisotopic (exact) mass is 302 g/mol. The lowest BCUT2D eigenvalue weighted by atomic mass is 10.1. The number of benzene rings is 1. The van der Waals surface area contributed by atoms with E-state index < -0.39 is 0 Å². The lowest BCUT2D eigenvalue weighted by molar-refractivity contribution is 0.0631. The van der Waals surface area contributed by atoms with Crippen molar-refractivity contribution < 1.29 is 19.1 Å². The number of rotatable bonds is 5. The Morgan fingerprint density at radius 2 is 1.59 bits per heavy atom.